The Hall–Kier alpha value is -4.02. The number of hydrogen-bond acceptors (Lipinski definition) is 5. The topological polar surface area (TPSA) is 50.3 Å². The quantitative estimate of drug-likeness (QED) is 0.534. The van der Waals surface area contributed by atoms with Gasteiger partial charge in [-0.1, -0.05) is 18.7 Å². The monoisotopic (exact) mass is 492 g/mol. The Bertz CT molecular complexity index is 1360. The first kappa shape index (κ1) is 24.1. The molecule has 0 unspecified atom stereocenters. The molecule has 0 saturated heterocycles. The van der Waals surface area contributed by atoms with Gasteiger partial charge in [-0.3, -0.25) is 0 Å². The van der Waals surface area contributed by atoms with Crippen LogP contribution in [0.25, 0.3) is 11.8 Å². The lowest BCUT2D eigenvalue weighted by Gasteiger charge is -2.28. The summed E-state index contributed by atoms with van der Waals surface area (Å²) < 4.78 is 82.4. The highest BCUT2D eigenvalue weighted by molar-refractivity contribution is 5.87. The maximum Gasteiger partial charge on any atom is 0.416 e. The van der Waals surface area contributed by atoms with Gasteiger partial charge in [0, 0.05) is 34.6 Å². The fourth-order valence-electron chi connectivity index (χ4n) is 3.53. The summed E-state index contributed by atoms with van der Waals surface area (Å²) in [5.41, 5.74) is 0.908. The van der Waals surface area contributed by atoms with E-state index in [1.807, 2.05) is 0 Å². The predicted octanol–water partition coefficient (Wildman–Crippen LogP) is 4.45. The molecule has 2 heterocycles. The molecule has 1 aliphatic rings. The number of ether oxygens (including phenoxy) is 1. The van der Waals surface area contributed by atoms with Gasteiger partial charge in [-0.05, 0) is 42.0 Å². The Morgan fingerprint density at radius 2 is 1.63 bits per heavy atom. The largest absolute Gasteiger partial charge is 0.497 e. The number of methoxy groups -OCH3 is 1. The summed E-state index contributed by atoms with van der Waals surface area (Å²) >= 11 is 0. The van der Waals surface area contributed by atoms with Crippen molar-refractivity contribution in [2.24, 2.45) is 0 Å². The van der Waals surface area contributed by atoms with Crippen LogP contribution in [0.1, 0.15) is 11.1 Å². The Kier molecular flexibility index (Phi) is 6.18. The third kappa shape index (κ3) is 5.23. The minimum absolute atomic E-state index is 0.235. The molecule has 1 aliphatic heterocycles. The summed E-state index contributed by atoms with van der Waals surface area (Å²) in [6.07, 6.45) is -6.01. The average Bonchev–Trinajstić information content (AvgIpc) is 2.81. The van der Waals surface area contributed by atoms with Gasteiger partial charge in [0.1, 0.15) is 12.3 Å². The van der Waals surface area contributed by atoms with E-state index in [0.29, 0.717) is 33.5 Å². The summed E-state index contributed by atoms with van der Waals surface area (Å²) in [4.78, 5) is 9.88. The van der Waals surface area contributed by atoms with Crippen molar-refractivity contribution in [3.63, 3.8) is 0 Å². The molecule has 0 saturated carbocycles. The van der Waals surface area contributed by atoms with Crippen molar-refractivity contribution >= 4 is 23.4 Å². The van der Waals surface area contributed by atoms with E-state index in [4.69, 9.17) is 4.74 Å². The van der Waals surface area contributed by atoms with E-state index in [0.717, 1.165) is 12.1 Å². The molecular weight excluding hydrogens is 474 g/mol. The molecule has 11 heteroatoms. The van der Waals surface area contributed by atoms with Gasteiger partial charge >= 0.3 is 12.4 Å². The van der Waals surface area contributed by atoms with E-state index < -0.39 is 24.5 Å². The van der Waals surface area contributed by atoms with Crippen LogP contribution in [-0.2, 0) is 6.18 Å². The standard InChI is InChI=1S/C24H18F6N4O/c1-14-20(15-3-5-17(6-4-15)24(28,29)30)21-16(11-31-22(33-21)32-13-23(25,26)27)12-34(14)18-7-9-19(35-2)10-8-18/h3-12H,1,13H2,2H3,(H,32,33). The van der Waals surface area contributed by atoms with Gasteiger partial charge in [0.15, 0.2) is 0 Å². The summed E-state index contributed by atoms with van der Waals surface area (Å²) in [5.74, 6) is 0.344. The number of aromatic nitrogens is 2. The van der Waals surface area contributed by atoms with Crippen molar-refractivity contribution < 1.29 is 31.1 Å². The summed E-state index contributed by atoms with van der Waals surface area (Å²) in [6, 6.07) is 11.4. The molecule has 2 aromatic carbocycles. The molecular formula is C24H18F6N4O. The van der Waals surface area contributed by atoms with Gasteiger partial charge in [-0.2, -0.15) is 26.3 Å². The van der Waals surface area contributed by atoms with Crippen LogP contribution in [0, 0.1) is 0 Å². The fraction of sp³-hybridized carbons (Fsp3) is 0.167. The molecule has 1 N–H and O–H groups in total. The highest BCUT2D eigenvalue weighted by atomic mass is 19.4. The number of halogens is 6. The van der Waals surface area contributed by atoms with Crippen molar-refractivity contribution in [3.05, 3.63) is 88.7 Å². The summed E-state index contributed by atoms with van der Waals surface area (Å²) in [6.45, 7) is 2.76. The number of allylic oxidation sites excluding steroid dienone is 1. The van der Waals surface area contributed by atoms with Crippen molar-refractivity contribution in [1.82, 2.24) is 9.97 Å². The van der Waals surface area contributed by atoms with Crippen LogP contribution in [0.3, 0.4) is 0 Å². The number of anilines is 2. The SMILES string of the molecule is C=C1C(c2ccc(C(F)(F)F)cc2)=c2nc(NCC(F)(F)F)ncc2=CN1c1ccc(OC)cc1. The summed E-state index contributed by atoms with van der Waals surface area (Å²) in [7, 11) is 1.52. The number of alkyl halides is 6. The predicted molar refractivity (Wildman–Crippen MR) is 119 cm³/mol. The zero-order valence-electron chi connectivity index (χ0n) is 18.2. The van der Waals surface area contributed by atoms with Crippen LogP contribution in [0.5, 0.6) is 5.75 Å². The number of benzene rings is 2. The molecule has 0 amide bonds. The molecule has 4 rings (SSSR count). The highest BCUT2D eigenvalue weighted by Crippen LogP contribution is 2.33. The first-order chi connectivity index (χ1) is 16.5. The number of nitrogens with zero attached hydrogens (tertiary/aromatic N) is 3. The molecule has 35 heavy (non-hydrogen) atoms. The van der Waals surface area contributed by atoms with Gasteiger partial charge in [0.05, 0.1) is 18.0 Å². The number of rotatable bonds is 5. The Morgan fingerprint density at radius 1 is 0.971 bits per heavy atom. The average molecular weight is 492 g/mol. The molecule has 0 fully saturated rings. The van der Waals surface area contributed by atoms with Crippen LogP contribution in [0.15, 0.2) is 67.0 Å². The zero-order chi connectivity index (χ0) is 25.4. The van der Waals surface area contributed by atoms with Crippen LogP contribution < -0.4 is 25.5 Å². The van der Waals surface area contributed by atoms with Crippen molar-refractivity contribution in [3.8, 4) is 5.75 Å². The van der Waals surface area contributed by atoms with Crippen molar-refractivity contribution in [2.45, 2.75) is 12.4 Å². The zero-order valence-corrected chi connectivity index (χ0v) is 18.2. The second kappa shape index (κ2) is 8.97. The normalized spacial score (nSPS) is 13.9. The molecule has 0 bridgehead atoms. The number of hydrogen-bond donors (Lipinski definition) is 1. The maximum absolute atomic E-state index is 13.1. The van der Waals surface area contributed by atoms with Crippen LogP contribution in [0.4, 0.5) is 38.0 Å². The lowest BCUT2D eigenvalue weighted by atomic mass is 9.98. The first-order valence-electron chi connectivity index (χ1n) is 10.2. The smallest absolute Gasteiger partial charge is 0.416 e. The highest BCUT2D eigenvalue weighted by Gasteiger charge is 2.31. The van der Waals surface area contributed by atoms with Gasteiger partial charge in [-0.15, -0.1) is 0 Å². The lowest BCUT2D eigenvalue weighted by molar-refractivity contribution is -0.137. The third-order valence-corrected chi connectivity index (χ3v) is 5.20. The molecule has 0 radical (unpaired) electrons. The van der Waals surface area contributed by atoms with Crippen LogP contribution >= 0.6 is 0 Å². The van der Waals surface area contributed by atoms with E-state index in [9.17, 15) is 26.3 Å². The van der Waals surface area contributed by atoms with Crippen molar-refractivity contribution in [1.29, 1.82) is 0 Å². The van der Waals surface area contributed by atoms with Gasteiger partial charge < -0.3 is 15.0 Å². The molecule has 0 atom stereocenters. The third-order valence-electron chi connectivity index (χ3n) is 5.20. The first-order valence-corrected chi connectivity index (χ1v) is 10.2. The van der Waals surface area contributed by atoms with Crippen LogP contribution in [0.2, 0.25) is 0 Å². The Morgan fingerprint density at radius 3 is 2.20 bits per heavy atom. The molecule has 1 aromatic heterocycles. The fourth-order valence-corrected chi connectivity index (χ4v) is 3.53. The minimum Gasteiger partial charge on any atom is -0.497 e. The van der Waals surface area contributed by atoms with E-state index in [1.165, 1.54) is 25.4 Å². The second-order valence-electron chi connectivity index (χ2n) is 7.56. The number of fused-ring (bicyclic) bond motifs is 1. The van der Waals surface area contributed by atoms with Gasteiger partial charge in [-0.25, -0.2) is 9.97 Å². The number of nitrogens with one attached hydrogen (secondary N) is 1. The van der Waals surface area contributed by atoms with Crippen LogP contribution in [-0.4, -0.2) is 29.8 Å². The summed E-state index contributed by atoms with van der Waals surface area (Å²) in [5, 5.41) is 2.81. The van der Waals surface area contributed by atoms with Gasteiger partial charge in [0.2, 0.25) is 5.95 Å². The van der Waals surface area contributed by atoms with Crippen molar-refractivity contribution in [2.75, 3.05) is 23.9 Å². The maximum atomic E-state index is 13.1. The molecule has 182 valence electrons. The van der Waals surface area contributed by atoms with E-state index in [2.05, 4.69) is 21.9 Å². The molecule has 3 aromatic rings. The Balaban J connectivity index is 1.87. The van der Waals surface area contributed by atoms with Gasteiger partial charge in [0.25, 0.3) is 0 Å². The molecule has 0 aliphatic carbocycles. The minimum atomic E-state index is -4.52. The van der Waals surface area contributed by atoms with E-state index in [-0.39, 0.29) is 11.3 Å². The van der Waals surface area contributed by atoms with E-state index >= 15 is 0 Å². The second-order valence-corrected chi connectivity index (χ2v) is 7.56. The lowest BCUT2D eigenvalue weighted by Crippen LogP contribution is -2.41. The Labute approximate surface area is 195 Å². The van der Waals surface area contributed by atoms with E-state index in [1.54, 1.807) is 35.4 Å². The molecule has 0 spiro atoms. The molecule has 5 nitrogen and oxygen atoms in total.